The SMILES string of the molecule is Cc1sc(-c2cccnc2)nc1-c1cccc(Br)c1. The predicted molar refractivity (Wildman–Crippen MR) is 83.2 cm³/mol. The third kappa shape index (κ3) is 2.60. The summed E-state index contributed by atoms with van der Waals surface area (Å²) in [5, 5.41) is 1.01. The monoisotopic (exact) mass is 330 g/mol. The molecule has 0 aliphatic rings. The molecule has 0 N–H and O–H groups in total. The van der Waals surface area contributed by atoms with Crippen LogP contribution in [0.15, 0.2) is 53.3 Å². The number of nitrogens with zero attached hydrogens (tertiary/aromatic N) is 2. The van der Waals surface area contributed by atoms with Crippen LogP contribution >= 0.6 is 27.3 Å². The Balaban J connectivity index is 2.08. The van der Waals surface area contributed by atoms with Crippen molar-refractivity contribution in [2.75, 3.05) is 0 Å². The number of halogens is 1. The van der Waals surface area contributed by atoms with Gasteiger partial charge in [0.25, 0.3) is 0 Å². The van der Waals surface area contributed by atoms with Crippen molar-refractivity contribution in [3.63, 3.8) is 0 Å². The Morgan fingerprint density at radius 2 is 1.95 bits per heavy atom. The molecule has 0 radical (unpaired) electrons. The molecule has 19 heavy (non-hydrogen) atoms. The number of rotatable bonds is 2. The summed E-state index contributed by atoms with van der Waals surface area (Å²) in [6.45, 7) is 2.10. The predicted octanol–water partition coefficient (Wildman–Crippen LogP) is 4.94. The molecular formula is C15H11BrN2S. The molecule has 3 rings (SSSR count). The van der Waals surface area contributed by atoms with Crippen LogP contribution in [0.4, 0.5) is 0 Å². The van der Waals surface area contributed by atoms with Gasteiger partial charge in [0.2, 0.25) is 0 Å². The van der Waals surface area contributed by atoms with Crippen molar-refractivity contribution in [3.8, 4) is 21.8 Å². The molecule has 0 aliphatic carbocycles. The topological polar surface area (TPSA) is 25.8 Å². The highest BCUT2D eigenvalue weighted by Crippen LogP contribution is 2.33. The van der Waals surface area contributed by atoms with E-state index in [4.69, 9.17) is 4.98 Å². The molecule has 1 aromatic carbocycles. The maximum atomic E-state index is 4.75. The molecule has 3 aromatic rings. The highest BCUT2D eigenvalue weighted by molar-refractivity contribution is 9.10. The maximum absolute atomic E-state index is 4.75. The standard InChI is InChI=1S/C15H11BrN2S/c1-10-14(11-4-2-6-13(16)8-11)18-15(19-10)12-5-3-7-17-9-12/h2-9H,1H3. The fourth-order valence-corrected chi connectivity index (χ4v) is 3.24. The molecular weight excluding hydrogens is 320 g/mol. The van der Waals surface area contributed by atoms with E-state index in [0.29, 0.717) is 0 Å². The second-order valence-electron chi connectivity index (χ2n) is 4.18. The minimum absolute atomic E-state index is 1.01. The van der Waals surface area contributed by atoms with Crippen molar-refractivity contribution < 1.29 is 0 Å². The van der Waals surface area contributed by atoms with Crippen LogP contribution in [0.5, 0.6) is 0 Å². The molecule has 0 unspecified atom stereocenters. The summed E-state index contributed by atoms with van der Waals surface area (Å²) in [6, 6.07) is 12.2. The molecule has 0 spiro atoms. The summed E-state index contributed by atoms with van der Waals surface area (Å²) in [4.78, 5) is 10.1. The van der Waals surface area contributed by atoms with Crippen LogP contribution in [0.2, 0.25) is 0 Å². The van der Waals surface area contributed by atoms with E-state index in [-0.39, 0.29) is 0 Å². The summed E-state index contributed by atoms with van der Waals surface area (Å²) < 4.78 is 1.07. The Morgan fingerprint density at radius 1 is 1.11 bits per heavy atom. The number of benzene rings is 1. The molecule has 2 nitrogen and oxygen atoms in total. The first-order chi connectivity index (χ1) is 9.24. The van der Waals surface area contributed by atoms with E-state index < -0.39 is 0 Å². The number of hydrogen-bond donors (Lipinski definition) is 0. The summed E-state index contributed by atoms with van der Waals surface area (Å²) >= 11 is 5.20. The van der Waals surface area contributed by atoms with Crippen molar-refractivity contribution in [3.05, 3.63) is 58.1 Å². The molecule has 0 aliphatic heterocycles. The third-order valence-electron chi connectivity index (χ3n) is 2.80. The zero-order chi connectivity index (χ0) is 13.2. The Labute approximate surface area is 124 Å². The molecule has 0 amide bonds. The van der Waals surface area contributed by atoms with Crippen molar-refractivity contribution in [2.24, 2.45) is 0 Å². The van der Waals surface area contributed by atoms with E-state index in [1.807, 2.05) is 30.5 Å². The lowest BCUT2D eigenvalue weighted by Gasteiger charge is -1.99. The van der Waals surface area contributed by atoms with E-state index in [0.717, 1.165) is 26.3 Å². The lowest BCUT2D eigenvalue weighted by atomic mass is 10.1. The van der Waals surface area contributed by atoms with Crippen LogP contribution in [0.1, 0.15) is 4.88 Å². The van der Waals surface area contributed by atoms with Gasteiger partial charge in [0.15, 0.2) is 0 Å². The van der Waals surface area contributed by atoms with Gasteiger partial charge in [0, 0.05) is 32.9 Å². The second kappa shape index (κ2) is 5.23. The van der Waals surface area contributed by atoms with E-state index >= 15 is 0 Å². The van der Waals surface area contributed by atoms with Crippen LogP contribution in [0, 0.1) is 6.92 Å². The fraction of sp³-hybridized carbons (Fsp3) is 0.0667. The zero-order valence-corrected chi connectivity index (χ0v) is 12.7. The van der Waals surface area contributed by atoms with Gasteiger partial charge in [-0.05, 0) is 31.2 Å². The number of hydrogen-bond acceptors (Lipinski definition) is 3. The normalized spacial score (nSPS) is 10.6. The Morgan fingerprint density at radius 3 is 2.68 bits per heavy atom. The maximum Gasteiger partial charge on any atom is 0.125 e. The first-order valence-electron chi connectivity index (χ1n) is 5.88. The van der Waals surface area contributed by atoms with Gasteiger partial charge in [0.1, 0.15) is 5.01 Å². The Kier molecular flexibility index (Phi) is 3.44. The van der Waals surface area contributed by atoms with Crippen LogP contribution in [0.25, 0.3) is 21.8 Å². The summed E-state index contributed by atoms with van der Waals surface area (Å²) in [5.74, 6) is 0. The van der Waals surface area contributed by atoms with Crippen LogP contribution in [-0.2, 0) is 0 Å². The van der Waals surface area contributed by atoms with E-state index in [2.05, 4.69) is 40.0 Å². The highest BCUT2D eigenvalue weighted by Gasteiger charge is 2.11. The lowest BCUT2D eigenvalue weighted by Crippen LogP contribution is -1.82. The van der Waals surface area contributed by atoms with Gasteiger partial charge in [-0.3, -0.25) is 4.98 Å². The van der Waals surface area contributed by atoms with Crippen molar-refractivity contribution in [2.45, 2.75) is 6.92 Å². The lowest BCUT2D eigenvalue weighted by molar-refractivity contribution is 1.31. The van der Waals surface area contributed by atoms with Gasteiger partial charge in [0.05, 0.1) is 5.69 Å². The fourth-order valence-electron chi connectivity index (χ4n) is 1.91. The Bertz CT molecular complexity index is 707. The molecule has 0 bridgehead atoms. The largest absolute Gasteiger partial charge is 0.264 e. The summed E-state index contributed by atoms with van der Waals surface area (Å²) in [5.41, 5.74) is 3.25. The molecule has 0 saturated heterocycles. The van der Waals surface area contributed by atoms with E-state index in [9.17, 15) is 0 Å². The van der Waals surface area contributed by atoms with Gasteiger partial charge in [-0.25, -0.2) is 4.98 Å². The van der Waals surface area contributed by atoms with Crippen molar-refractivity contribution in [1.82, 2.24) is 9.97 Å². The van der Waals surface area contributed by atoms with Crippen molar-refractivity contribution >= 4 is 27.3 Å². The average Bonchev–Trinajstić information content (AvgIpc) is 2.82. The van der Waals surface area contributed by atoms with Gasteiger partial charge >= 0.3 is 0 Å². The van der Waals surface area contributed by atoms with Crippen molar-refractivity contribution in [1.29, 1.82) is 0 Å². The second-order valence-corrected chi connectivity index (χ2v) is 6.29. The quantitative estimate of drug-likeness (QED) is 0.664. The summed E-state index contributed by atoms with van der Waals surface area (Å²) in [6.07, 6.45) is 3.63. The summed E-state index contributed by atoms with van der Waals surface area (Å²) in [7, 11) is 0. The van der Waals surface area contributed by atoms with Gasteiger partial charge in [-0.2, -0.15) is 0 Å². The first kappa shape index (κ1) is 12.5. The van der Waals surface area contributed by atoms with Gasteiger partial charge in [-0.1, -0.05) is 28.1 Å². The minimum Gasteiger partial charge on any atom is -0.264 e. The number of aromatic nitrogens is 2. The highest BCUT2D eigenvalue weighted by atomic mass is 79.9. The molecule has 4 heteroatoms. The molecule has 0 saturated carbocycles. The van der Waals surface area contributed by atoms with E-state index in [1.165, 1.54) is 4.88 Å². The minimum atomic E-state index is 1.01. The molecule has 0 fully saturated rings. The average molecular weight is 331 g/mol. The first-order valence-corrected chi connectivity index (χ1v) is 7.49. The number of aryl methyl sites for hydroxylation is 1. The molecule has 2 heterocycles. The van der Waals surface area contributed by atoms with Crippen LogP contribution < -0.4 is 0 Å². The molecule has 94 valence electrons. The Hall–Kier alpha value is -1.52. The smallest absolute Gasteiger partial charge is 0.125 e. The van der Waals surface area contributed by atoms with Crippen LogP contribution in [-0.4, -0.2) is 9.97 Å². The molecule has 2 aromatic heterocycles. The van der Waals surface area contributed by atoms with Gasteiger partial charge < -0.3 is 0 Å². The zero-order valence-electron chi connectivity index (χ0n) is 10.3. The van der Waals surface area contributed by atoms with Crippen LogP contribution in [0.3, 0.4) is 0 Å². The number of thiazole rings is 1. The van der Waals surface area contributed by atoms with Gasteiger partial charge in [-0.15, -0.1) is 11.3 Å². The van der Waals surface area contributed by atoms with E-state index in [1.54, 1.807) is 17.5 Å². The molecule has 0 atom stereocenters. The third-order valence-corrected chi connectivity index (χ3v) is 4.32. The number of pyridine rings is 1.